The SMILES string of the molecule is C=C(C)C(=O)O[O-].C=C(C)C(=O)O[O-].C=C(C)C(=O)O[O-].[Al+3]. The van der Waals surface area contributed by atoms with Crippen LogP contribution < -0.4 is 15.8 Å². The van der Waals surface area contributed by atoms with Gasteiger partial charge in [-0.1, -0.05) is 19.7 Å². The first-order valence-electron chi connectivity index (χ1n) is 5.04. The minimum atomic E-state index is -0.903. The van der Waals surface area contributed by atoms with Crippen LogP contribution in [0.1, 0.15) is 20.8 Å². The second-order valence-electron chi connectivity index (χ2n) is 3.45. The summed E-state index contributed by atoms with van der Waals surface area (Å²) in [4.78, 5) is 38.7. The van der Waals surface area contributed by atoms with Crippen LogP contribution in [0.3, 0.4) is 0 Å². The molecule has 0 N–H and O–H groups in total. The molecule has 0 saturated carbocycles. The molecule has 0 atom stereocenters. The van der Waals surface area contributed by atoms with Crippen molar-refractivity contribution in [2.24, 2.45) is 0 Å². The first-order valence-corrected chi connectivity index (χ1v) is 5.04. The van der Waals surface area contributed by atoms with Gasteiger partial charge in [-0.05, 0) is 20.8 Å². The Morgan fingerprint density at radius 3 is 0.773 bits per heavy atom. The maximum absolute atomic E-state index is 9.88. The summed E-state index contributed by atoms with van der Waals surface area (Å²) in [5, 5.41) is 27.5. The van der Waals surface area contributed by atoms with Crippen LogP contribution in [0.5, 0.6) is 0 Å². The molecule has 0 amide bonds. The molecule has 0 rings (SSSR count). The Morgan fingerprint density at radius 1 is 0.636 bits per heavy atom. The first-order chi connectivity index (χ1) is 9.54. The Kier molecular flexibility index (Phi) is 21.9. The Hall–Kier alpha value is -1.96. The van der Waals surface area contributed by atoms with Crippen molar-refractivity contribution >= 4 is 35.3 Å². The molecule has 0 aliphatic rings. The predicted molar refractivity (Wildman–Crippen MR) is 68.5 cm³/mol. The van der Waals surface area contributed by atoms with E-state index in [0.717, 1.165) is 0 Å². The van der Waals surface area contributed by atoms with Gasteiger partial charge in [-0.2, -0.15) is 0 Å². The van der Waals surface area contributed by atoms with Crippen molar-refractivity contribution in [3.8, 4) is 0 Å². The molecule has 0 bridgehead atoms. The van der Waals surface area contributed by atoms with Gasteiger partial charge in [0.05, 0.1) is 0 Å². The van der Waals surface area contributed by atoms with Gasteiger partial charge >= 0.3 is 35.3 Å². The van der Waals surface area contributed by atoms with Crippen molar-refractivity contribution in [1.82, 2.24) is 0 Å². The fourth-order valence-electron chi connectivity index (χ4n) is 0.213. The van der Waals surface area contributed by atoms with Crippen molar-refractivity contribution in [1.29, 1.82) is 0 Å². The van der Waals surface area contributed by atoms with Gasteiger partial charge < -0.3 is 30.4 Å². The fourth-order valence-corrected chi connectivity index (χ4v) is 0.213. The molecule has 9 nitrogen and oxygen atoms in total. The molecule has 120 valence electrons. The van der Waals surface area contributed by atoms with Crippen LogP contribution in [0.15, 0.2) is 36.5 Å². The van der Waals surface area contributed by atoms with E-state index in [1.807, 2.05) is 0 Å². The summed E-state index contributed by atoms with van der Waals surface area (Å²) >= 11 is 0. The van der Waals surface area contributed by atoms with Crippen LogP contribution in [0, 0.1) is 0 Å². The van der Waals surface area contributed by atoms with Crippen molar-refractivity contribution < 1.29 is 44.8 Å². The standard InChI is InChI=1S/3C4H6O3.Al/c3*1-3(2)4(5)7-6;/h3*6H,1H2,2H3;/q;;;+3/p-3. The molecule has 0 aromatic heterocycles. The third kappa shape index (κ3) is 20.4. The maximum atomic E-state index is 9.88. The molecule has 0 saturated heterocycles. The summed E-state index contributed by atoms with van der Waals surface area (Å²) in [7, 11) is 0. The minimum absolute atomic E-state index is 0. The van der Waals surface area contributed by atoms with E-state index < -0.39 is 17.9 Å². The molecule has 0 radical (unpaired) electrons. The second-order valence-corrected chi connectivity index (χ2v) is 3.45. The van der Waals surface area contributed by atoms with E-state index in [-0.39, 0.29) is 34.1 Å². The van der Waals surface area contributed by atoms with Crippen molar-refractivity contribution in [2.45, 2.75) is 20.8 Å². The zero-order valence-corrected chi connectivity index (χ0v) is 13.5. The predicted octanol–water partition coefficient (Wildman–Crippen LogP) is -2.24. The van der Waals surface area contributed by atoms with E-state index in [1.54, 1.807) is 0 Å². The van der Waals surface area contributed by atoms with Gasteiger partial charge in [0.1, 0.15) is 0 Å². The van der Waals surface area contributed by atoms with Gasteiger partial charge in [-0.15, -0.1) is 0 Å². The average molecular weight is 330 g/mol. The largest absolute Gasteiger partial charge is 3.00 e. The van der Waals surface area contributed by atoms with E-state index in [1.165, 1.54) is 20.8 Å². The minimum Gasteiger partial charge on any atom is -0.661 e. The molecule has 0 spiro atoms. The van der Waals surface area contributed by atoms with Gasteiger partial charge in [-0.25, -0.2) is 14.4 Å². The van der Waals surface area contributed by atoms with E-state index in [0.29, 0.717) is 0 Å². The van der Waals surface area contributed by atoms with Crippen molar-refractivity contribution in [2.75, 3.05) is 0 Å². The van der Waals surface area contributed by atoms with Gasteiger partial charge in [0.2, 0.25) is 0 Å². The smallest absolute Gasteiger partial charge is 0.661 e. The first kappa shape index (κ1) is 28.2. The molecule has 0 aromatic rings. The Balaban J connectivity index is -0.000000108. The molecule has 0 aromatic carbocycles. The van der Waals surface area contributed by atoms with Gasteiger partial charge in [0.25, 0.3) is 0 Å². The van der Waals surface area contributed by atoms with Gasteiger partial charge in [-0.3, -0.25) is 0 Å². The topological polar surface area (TPSA) is 148 Å². The Labute approximate surface area is 138 Å². The maximum Gasteiger partial charge on any atom is 3.00 e. The quantitative estimate of drug-likeness (QED) is 0.242. The number of carbonyl (C=O) groups excluding carboxylic acids is 3. The number of hydrogen-bond donors (Lipinski definition) is 0. The molecular weight excluding hydrogens is 315 g/mol. The molecule has 0 unspecified atom stereocenters. The fraction of sp³-hybridized carbons (Fsp3) is 0.250. The molecule has 0 aliphatic carbocycles. The van der Waals surface area contributed by atoms with Crippen LogP contribution in [0.2, 0.25) is 0 Å². The van der Waals surface area contributed by atoms with E-state index in [2.05, 4.69) is 34.4 Å². The van der Waals surface area contributed by atoms with Gasteiger partial charge in [0.15, 0.2) is 0 Å². The van der Waals surface area contributed by atoms with E-state index in [4.69, 9.17) is 15.8 Å². The summed E-state index contributed by atoms with van der Waals surface area (Å²) in [6, 6.07) is 0. The Morgan fingerprint density at radius 2 is 0.773 bits per heavy atom. The van der Waals surface area contributed by atoms with Crippen LogP contribution in [0.4, 0.5) is 0 Å². The van der Waals surface area contributed by atoms with Crippen LogP contribution in [-0.2, 0) is 29.0 Å². The third-order valence-corrected chi connectivity index (χ3v) is 1.27. The number of rotatable bonds is 3. The normalized spacial score (nSPS) is 7.36. The monoisotopic (exact) mass is 330 g/mol. The van der Waals surface area contributed by atoms with Crippen molar-refractivity contribution in [3.05, 3.63) is 36.5 Å². The van der Waals surface area contributed by atoms with E-state index in [9.17, 15) is 14.4 Å². The molecule has 10 heteroatoms. The Bertz CT molecular complexity index is 353. The molecule has 0 fully saturated rings. The zero-order valence-electron chi connectivity index (χ0n) is 12.4. The molecular formula is C12H15AlO9. The number of carbonyl (C=O) groups is 3. The van der Waals surface area contributed by atoms with E-state index >= 15 is 0 Å². The van der Waals surface area contributed by atoms with Crippen LogP contribution in [-0.4, -0.2) is 35.3 Å². The summed E-state index contributed by atoms with van der Waals surface area (Å²) < 4.78 is 0. The molecule has 22 heavy (non-hydrogen) atoms. The number of hydrogen-bond acceptors (Lipinski definition) is 9. The van der Waals surface area contributed by atoms with Crippen LogP contribution in [0.25, 0.3) is 0 Å². The molecule has 0 heterocycles. The van der Waals surface area contributed by atoms with Gasteiger partial charge in [0, 0.05) is 16.7 Å². The third-order valence-electron chi connectivity index (χ3n) is 1.27. The second kappa shape index (κ2) is 17.1. The average Bonchev–Trinajstić information content (AvgIpc) is 2.45. The zero-order chi connectivity index (χ0) is 17.6. The van der Waals surface area contributed by atoms with Crippen molar-refractivity contribution in [3.63, 3.8) is 0 Å². The summed E-state index contributed by atoms with van der Waals surface area (Å²) in [6.45, 7) is 13.7. The summed E-state index contributed by atoms with van der Waals surface area (Å²) in [5.74, 6) is -2.71. The van der Waals surface area contributed by atoms with Crippen LogP contribution >= 0.6 is 0 Å². The summed E-state index contributed by atoms with van der Waals surface area (Å²) in [6.07, 6.45) is 0. The summed E-state index contributed by atoms with van der Waals surface area (Å²) in [5.41, 5.74) is 0.361. The molecule has 0 aliphatic heterocycles.